The number of benzene rings is 1. The molecule has 1 aromatic rings. The fourth-order valence-corrected chi connectivity index (χ4v) is 2.86. The molecule has 0 saturated carbocycles. The number of para-hydroxylation sites is 1. The van der Waals surface area contributed by atoms with Crippen molar-refractivity contribution in [3.63, 3.8) is 0 Å². The number of hydrogen-bond acceptors (Lipinski definition) is 4. The van der Waals surface area contributed by atoms with E-state index in [1.54, 1.807) is 0 Å². The van der Waals surface area contributed by atoms with Crippen LogP contribution in [0.4, 0.5) is 5.69 Å². The molecule has 2 aliphatic heterocycles. The van der Waals surface area contributed by atoms with Gasteiger partial charge in [0.25, 0.3) is 0 Å². The minimum Gasteiger partial charge on any atom is -0.489 e. The average molecular weight is 261 g/mol. The highest BCUT2D eigenvalue weighted by Gasteiger charge is 2.19. The monoisotopic (exact) mass is 261 g/mol. The Kier molecular flexibility index (Phi) is 3.89. The lowest BCUT2D eigenvalue weighted by Gasteiger charge is -2.34. The summed E-state index contributed by atoms with van der Waals surface area (Å²) in [6.45, 7) is 10.8. The van der Waals surface area contributed by atoms with E-state index >= 15 is 0 Å². The highest BCUT2D eigenvalue weighted by atomic mass is 16.5. The molecular formula is C15H23N3O. The van der Waals surface area contributed by atoms with E-state index in [1.807, 2.05) is 0 Å². The molecule has 0 atom stereocenters. The van der Waals surface area contributed by atoms with Crippen LogP contribution < -0.4 is 10.1 Å². The molecule has 4 heteroatoms. The highest BCUT2D eigenvalue weighted by Crippen LogP contribution is 2.32. The number of hydrogen-bond donors (Lipinski definition) is 1. The van der Waals surface area contributed by atoms with Gasteiger partial charge in [-0.1, -0.05) is 19.1 Å². The third kappa shape index (κ3) is 2.85. The van der Waals surface area contributed by atoms with E-state index in [9.17, 15) is 0 Å². The van der Waals surface area contributed by atoms with E-state index in [-0.39, 0.29) is 0 Å². The Balaban J connectivity index is 1.67. The van der Waals surface area contributed by atoms with Crippen LogP contribution in [-0.4, -0.2) is 55.7 Å². The third-order valence-corrected chi connectivity index (χ3v) is 4.07. The van der Waals surface area contributed by atoms with Gasteiger partial charge in [0.1, 0.15) is 12.4 Å². The third-order valence-electron chi connectivity index (χ3n) is 4.07. The van der Waals surface area contributed by atoms with Crippen LogP contribution in [0, 0.1) is 0 Å². The van der Waals surface area contributed by atoms with E-state index in [1.165, 1.54) is 25.2 Å². The Morgan fingerprint density at radius 2 is 1.95 bits per heavy atom. The van der Waals surface area contributed by atoms with Crippen LogP contribution in [0.25, 0.3) is 0 Å². The van der Waals surface area contributed by atoms with E-state index in [0.29, 0.717) is 0 Å². The van der Waals surface area contributed by atoms with Gasteiger partial charge in [-0.05, 0) is 12.6 Å². The SMILES string of the molecule is CCN1CCN(Cc2cccc3c2OCCN3)CC1. The predicted molar refractivity (Wildman–Crippen MR) is 77.8 cm³/mol. The fourth-order valence-electron chi connectivity index (χ4n) is 2.86. The Hall–Kier alpha value is -1.26. The number of rotatable bonds is 3. The zero-order valence-electron chi connectivity index (χ0n) is 11.7. The highest BCUT2D eigenvalue weighted by molar-refractivity contribution is 5.61. The molecule has 4 nitrogen and oxygen atoms in total. The molecule has 0 unspecified atom stereocenters. The molecule has 0 amide bonds. The van der Waals surface area contributed by atoms with Crippen LogP contribution in [0.3, 0.4) is 0 Å². The summed E-state index contributed by atoms with van der Waals surface area (Å²) in [6.07, 6.45) is 0. The Morgan fingerprint density at radius 3 is 2.74 bits per heavy atom. The first kappa shape index (κ1) is 12.8. The van der Waals surface area contributed by atoms with Gasteiger partial charge in [-0.15, -0.1) is 0 Å². The maximum absolute atomic E-state index is 5.84. The summed E-state index contributed by atoms with van der Waals surface area (Å²) in [4.78, 5) is 5.04. The number of anilines is 1. The van der Waals surface area contributed by atoms with Crippen LogP contribution in [0.15, 0.2) is 18.2 Å². The van der Waals surface area contributed by atoms with E-state index in [4.69, 9.17) is 4.74 Å². The molecule has 0 bridgehead atoms. The molecule has 104 valence electrons. The molecule has 1 N–H and O–H groups in total. The van der Waals surface area contributed by atoms with Gasteiger partial charge in [0.2, 0.25) is 0 Å². The molecule has 1 fully saturated rings. The normalized spacial score (nSPS) is 20.5. The maximum Gasteiger partial charge on any atom is 0.146 e. The Bertz CT molecular complexity index is 427. The van der Waals surface area contributed by atoms with Crippen LogP contribution in [0.2, 0.25) is 0 Å². The average Bonchev–Trinajstić information content (AvgIpc) is 2.48. The van der Waals surface area contributed by atoms with Crippen LogP contribution >= 0.6 is 0 Å². The number of likely N-dealkylation sites (N-methyl/N-ethyl adjacent to an activating group) is 1. The minimum absolute atomic E-state index is 0.771. The van der Waals surface area contributed by atoms with Crippen molar-refractivity contribution >= 4 is 5.69 Å². The van der Waals surface area contributed by atoms with Crippen molar-refractivity contribution in [2.24, 2.45) is 0 Å². The molecule has 19 heavy (non-hydrogen) atoms. The molecule has 3 rings (SSSR count). The first-order chi connectivity index (χ1) is 9.36. The number of nitrogens with one attached hydrogen (secondary N) is 1. The van der Waals surface area contributed by atoms with Gasteiger partial charge < -0.3 is 15.0 Å². The van der Waals surface area contributed by atoms with Crippen molar-refractivity contribution in [2.45, 2.75) is 13.5 Å². The topological polar surface area (TPSA) is 27.7 Å². The molecule has 0 aromatic heterocycles. The largest absolute Gasteiger partial charge is 0.489 e. The predicted octanol–water partition coefficient (Wildman–Crippen LogP) is 1.63. The molecular weight excluding hydrogens is 238 g/mol. The summed E-state index contributed by atoms with van der Waals surface area (Å²) in [5.74, 6) is 1.06. The molecule has 1 saturated heterocycles. The summed E-state index contributed by atoms with van der Waals surface area (Å²) in [5.41, 5.74) is 2.46. The lowest BCUT2D eigenvalue weighted by Crippen LogP contribution is -2.45. The Labute approximate surface area is 115 Å². The summed E-state index contributed by atoms with van der Waals surface area (Å²) < 4.78 is 5.84. The summed E-state index contributed by atoms with van der Waals surface area (Å²) >= 11 is 0. The number of ether oxygens (including phenoxy) is 1. The molecule has 0 radical (unpaired) electrons. The quantitative estimate of drug-likeness (QED) is 0.895. The minimum atomic E-state index is 0.771. The second kappa shape index (κ2) is 5.80. The molecule has 0 spiro atoms. The zero-order valence-corrected chi connectivity index (χ0v) is 11.7. The van der Waals surface area contributed by atoms with Gasteiger partial charge in [0.15, 0.2) is 0 Å². The lowest BCUT2D eigenvalue weighted by atomic mass is 10.1. The summed E-state index contributed by atoms with van der Waals surface area (Å²) in [6, 6.07) is 6.42. The molecule has 1 aromatic carbocycles. The van der Waals surface area contributed by atoms with Crippen LogP contribution in [0.5, 0.6) is 5.75 Å². The first-order valence-electron chi connectivity index (χ1n) is 7.30. The van der Waals surface area contributed by atoms with Crippen LogP contribution in [0.1, 0.15) is 12.5 Å². The number of piperazine rings is 1. The molecule has 0 aliphatic carbocycles. The van der Waals surface area contributed by atoms with Gasteiger partial charge in [0.05, 0.1) is 5.69 Å². The van der Waals surface area contributed by atoms with Gasteiger partial charge in [-0.25, -0.2) is 0 Å². The van der Waals surface area contributed by atoms with Crippen molar-refractivity contribution < 1.29 is 4.74 Å². The zero-order chi connectivity index (χ0) is 13.1. The van der Waals surface area contributed by atoms with Crippen LogP contribution in [-0.2, 0) is 6.54 Å². The van der Waals surface area contributed by atoms with Gasteiger partial charge in [0, 0.05) is 44.8 Å². The van der Waals surface area contributed by atoms with Crippen molar-refractivity contribution in [3.8, 4) is 5.75 Å². The molecule has 2 heterocycles. The Morgan fingerprint density at radius 1 is 1.16 bits per heavy atom. The first-order valence-corrected chi connectivity index (χ1v) is 7.30. The number of fused-ring (bicyclic) bond motifs is 1. The lowest BCUT2D eigenvalue weighted by molar-refractivity contribution is 0.130. The molecule has 2 aliphatic rings. The van der Waals surface area contributed by atoms with Gasteiger partial charge in [-0.3, -0.25) is 4.90 Å². The fraction of sp³-hybridized carbons (Fsp3) is 0.600. The van der Waals surface area contributed by atoms with Gasteiger partial charge in [-0.2, -0.15) is 0 Å². The summed E-state index contributed by atoms with van der Waals surface area (Å²) in [7, 11) is 0. The van der Waals surface area contributed by atoms with Gasteiger partial charge >= 0.3 is 0 Å². The smallest absolute Gasteiger partial charge is 0.146 e. The van der Waals surface area contributed by atoms with E-state index < -0.39 is 0 Å². The maximum atomic E-state index is 5.84. The van der Waals surface area contributed by atoms with E-state index in [0.717, 1.165) is 44.2 Å². The second-order valence-corrected chi connectivity index (χ2v) is 5.28. The number of nitrogens with zero attached hydrogens (tertiary/aromatic N) is 2. The van der Waals surface area contributed by atoms with Crippen molar-refractivity contribution in [1.82, 2.24) is 9.80 Å². The van der Waals surface area contributed by atoms with Crippen molar-refractivity contribution in [3.05, 3.63) is 23.8 Å². The standard InChI is InChI=1S/C15H23N3O/c1-2-17-7-9-18(10-8-17)12-13-4-3-5-14-15(13)19-11-6-16-14/h3-5,16H,2,6-12H2,1H3. The van der Waals surface area contributed by atoms with Crippen molar-refractivity contribution in [1.29, 1.82) is 0 Å². The van der Waals surface area contributed by atoms with Crippen molar-refractivity contribution in [2.75, 3.05) is 51.2 Å². The second-order valence-electron chi connectivity index (χ2n) is 5.28. The van der Waals surface area contributed by atoms with E-state index in [2.05, 4.69) is 40.2 Å². The summed E-state index contributed by atoms with van der Waals surface area (Å²) in [5, 5.41) is 3.40.